The summed E-state index contributed by atoms with van der Waals surface area (Å²) in [7, 11) is 0. The van der Waals surface area contributed by atoms with E-state index in [-0.39, 0.29) is 12.6 Å². The van der Waals surface area contributed by atoms with Gasteiger partial charge < -0.3 is 15.2 Å². The van der Waals surface area contributed by atoms with Gasteiger partial charge in [0.2, 0.25) is 0 Å². The molecule has 1 fully saturated rings. The van der Waals surface area contributed by atoms with E-state index in [2.05, 4.69) is 24.4 Å². The van der Waals surface area contributed by atoms with Crippen molar-refractivity contribution in [2.24, 2.45) is 5.92 Å². The molecule has 1 saturated carbocycles. The topological polar surface area (TPSA) is 41.5 Å². The van der Waals surface area contributed by atoms with Crippen LogP contribution in [0.4, 0.5) is 5.69 Å². The van der Waals surface area contributed by atoms with E-state index in [9.17, 15) is 5.11 Å². The maximum absolute atomic E-state index is 9.27. The number of para-hydroxylation sites is 2. The normalized spacial score (nSPS) is 15.4. The van der Waals surface area contributed by atoms with Gasteiger partial charge in [0.05, 0.1) is 18.9 Å². The van der Waals surface area contributed by atoms with Gasteiger partial charge in [-0.05, 0) is 48.9 Å². The van der Waals surface area contributed by atoms with Crippen molar-refractivity contribution >= 4 is 5.69 Å². The number of benzene rings is 2. The van der Waals surface area contributed by atoms with Gasteiger partial charge in [-0.15, -0.1) is 0 Å². The average molecular weight is 297 g/mol. The van der Waals surface area contributed by atoms with Crippen LogP contribution >= 0.6 is 0 Å². The van der Waals surface area contributed by atoms with Gasteiger partial charge in [0.1, 0.15) is 5.75 Å². The lowest BCUT2D eigenvalue weighted by Gasteiger charge is -2.19. The number of ether oxygens (including phenoxy) is 1. The molecule has 3 heteroatoms. The zero-order valence-electron chi connectivity index (χ0n) is 13.0. The van der Waals surface area contributed by atoms with Gasteiger partial charge in [0.15, 0.2) is 0 Å². The van der Waals surface area contributed by atoms with Crippen LogP contribution in [0.1, 0.15) is 36.9 Å². The van der Waals surface area contributed by atoms with Gasteiger partial charge in [-0.1, -0.05) is 36.4 Å². The van der Waals surface area contributed by atoms with Crippen LogP contribution in [-0.2, 0) is 6.61 Å². The maximum Gasteiger partial charge on any atom is 0.142 e. The van der Waals surface area contributed by atoms with E-state index in [0.29, 0.717) is 0 Å². The third kappa shape index (κ3) is 3.80. The molecule has 22 heavy (non-hydrogen) atoms. The fourth-order valence-corrected chi connectivity index (χ4v) is 2.48. The fourth-order valence-electron chi connectivity index (χ4n) is 2.48. The van der Waals surface area contributed by atoms with Crippen LogP contribution in [0.2, 0.25) is 0 Å². The first kappa shape index (κ1) is 14.9. The summed E-state index contributed by atoms with van der Waals surface area (Å²) in [6.45, 7) is 3.00. The van der Waals surface area contributed by atoms with Gasteiger partial charge in [-0.3, -0.25) is 0 Å². The van der Waals surface area contributed by atoms with Crippen molar-refractivity contribution < 1.29 is 9.84 Å². The summed E-state index contributed by atoms with van der Waals surface area (Å²) in [6.07, 6.45) is 2.58. The molecule has 0 aromatic heterocycles. The van der Waals surface area contributed by atoms with E-state index >= 15 is 0 Å². The summed E-state index contributed by atoms with van der Waals surface area (Å²) in [5, 5.41) is 12.8. The number of nitrogens with one attached hydrogen (secondary N) is 1. The Hall–Kier alpha value is -2.00. The Balaban J connectivity index is 1.70. The molecule has 3 rings (SSSR count). The summed E-state index contributed by atoms with van der Waals surface area (Å²) in [5.74, 6) is 1.66. The highest BCUT2D eigenvalue weighted by Crippen LogP contribution is 2.33. The predicted octanol–water partition coefficient (Wildman–Crippen LogP) is 4.14. The van der Waals surface area contributed by atoms with Crippen LogP contribution in [0.15, 0.2) is 48.5 Å². The second-order valence-electron chi connectivity index (χ2n) is 6.02. The van der Waals surface area contributed by atoms with Gasteiger partial charge in [-0.2, -0.15) is 0 Å². The summed E-state index contributed by atoms with van der Waals surface area (Å²) in [5.41, 5.74) is 3.11. The first-order chi connectivity index (χ1) is 10.8. The van der Waals surface area contributed by atoms with Crippen molar-refractivity contribution in [2.75, 3.05) is 11.9 Å². The smallest absolute Gasteiger partial charge is 0.142 e. The van der Waals surface area contributed by atoms with Crippen molar-refractivity contribution in [1.82, 2.24) is 0 Å². The molecular formula is C19H23NO2. The Morgan fingerprint density at radius 1 is 1.18 bits per heavy atom. The van der Waals surface area contributed by atoms with Crippen LogP contribution in [0, 0.1) is 5.92 Å². The number of aliphatic hydroxyl groups is 1. The van der Waals surface area contributed by atoms with E-state index in [0.717, 1.165) is 35.1 Å². The molecule has 0 amide bonds. The lowest BCUT2D eigenvalue weighted by atomic mass is 10.1. The summed E-state index contributed by atoms with van der Waals surface area (Å²) < 4.78 is 5.94. The van der Waals surface area contributed by atoms with Crippen LogP contribution in [0.5, 0.6) is 5.75 Å². The van der Waals surface area contributed by atoms with Crippen LogP contribution in [0.3, 0.4) is 0 Å². The SMILES string of the molecule is CC(Nc1ccccc1OCC1CC1)c1cccc(CO)c1. The molecule has 3 nitrogen and oxygen atoms in total. The van der Waals surface area contributed by atoms with Crippen molar-refractivity contribution in [3.63, 3.8) is 0 Å². The third-order valence-electron chi connectivity index (χ3n) is 4.06. The second-order valence-corrected chi connectivity index (χ2v) is 6.02. The standard InChI is InChI=1S/C19H23NO2/c1-14(17-6-4-5-16(11-17)12-21)20-18-7-2-3-8-19(18)22-13-15-9-10-15/h2-8,11,14-15,20-21H,9-10,12-13H2,1H3. The molecule has 0 saturated heterocycles. The minimum atomic E-state index is 0.0711. The van der Waals surface area contributed by atoms with Crippen molar-refractivity contribution in [3.05, 3.63) is 59.7 Å². The number of aliphatic hydroxyl groups excluding tert-OH is 1. The van der Waals surface area contributed by atoms with Gasteiger partial charge in [0, 0.05) is 6.04 Å². The Morgan fingerprint density at radius 3 is 2.77 bits per heavy atom. The first-order valence-electron chi connectivity index (χ1n) is 7.94. The maximum atomic E-state index is 9.27. The molecule has 2 aromatic rings. The third-order valence-corrected chi connectivity index (χ3v) is 4.06. The Morgan fingerprint density at radius 2 is 2.00 bits per heavy atom. The van der Waals surface area contributed by atoms with E-state index in [4.69, 9.17) is 4.74 Å². The fraction of sp³-hybridized carbons (Fsp3) is 0.368. The molecule has 1 aliphatic rings. The quantitative estimate of drug-likeness (QED) is 0.807. The molecule has 1 unspecified atom stereocenters. The van der Waals surface area contributed by atoms with Crippen molar-refractivity contribution in [1.29, 1.82) is 0 Å². The summed E-state index contributed by atoms with van der Waals surface area (Å²) in [6, 6.07) is 16.3. The Bertz CT molecular complexity index is 622. The molecule has 0 aliphatic heterocycles. The van der Waals surface area contributed by atoms with E-state index in [1.165, 1.54) is 12.8 Å². The van der Waals surface area contributed by atoms with Gasteiger partial charge in [0.25, 0.3) is 0 Å². The highest BCUT2D eigenvalue weighted by Gasteiger charge is 2.22. The number of anilines is 1. The number of hydrogen-bond donors (Lipinski definition) is 2. The zero-order chi connectivity index (χ0) is 15.4. The summed E-state index contributed by atoms with van der Waals surface area (Å²) in [4.78, 5) is 0. The predicted molar refractivity (Wildman–Crippen MR) is 89.1 cm³/mol. The highest BCUT2D eigenvalue weighted by molar-refractivity contribution is 5.57. The molecule has 1 atom stereocenters. The molecule has 116 valence electrons. The number of rotatable bonds is 7. The van der Waals surface area contributed by atoms with Gasteiger partial charge >= 0.3 is 0 Å². The Kier molecular flexibility index (Phi) is 4.64. The monoisotopic (exact) mass is 297 g/mol. The number of hydrogen-bond acceptors (Lipinski definition) is 3. The van der Waals surface area contributed by atoms with Crippen molar-refractivity contribution in [3.8, 4) is 5.75 Å². The molecule has 2 N–H and O–H groups in total. The largest absolute Gasteiger partial charge is 0.491 e. The Labute approximate surface area is 131 Å². The molecule has 0 bridgehead atoms. The molecule has 2 aromatic carbocycles. The van der Waals surface area contributed by atoms with Crippen LogP contribution < -0.4 is 10.1 Å². The van der Waals surface area contributed by atoms with Crippen LogP contribution in [-0.4, -0.2) is 11.7 Å². The molecule has 0 radical (unpaired) electrons. The van der Waals surface area contributed by atoms with Crippen molar-refractivity contribution in [2.45, 2.75) is 32.4 Å². The second kappa shape index (κ2) is 6.84. The minimum absolute atomic E-state index is 0.0711. The summed E-state index contributed by atoms with van der Waals surface area (Å²) >= 11 is 0. The van der Waals surface area contributed by atoms with E-state index in [1.54, 1.807) is 0 Å². The molecule has 1 aliphatic carbocycles. The molecule has 0 spiro atoms. The zero-order valence-corrected chi connectivity index (χ0v) is 13.0. The van der Waals surface area contributed by atoms with E-state index in [1.807, 2.05) is 36.4 Å². The molecule has 0 heterocycles. The lowest BCUT2D eigenvalue weighted by Crippen LogP contribution is -2.09. The first-order valence-corrected chi connectivity index (χ1v) is 7.94. The molecular weight excluding hydrogens is 274 g/mol. The lowest BCUT2D eigenvalue weighted by molar-refractivity contribution is 0.281. The van der Waals surface area contributed by atoms with Crippen LogP contribution in [0.25, 0.3) is 0 Å². The highest BCUT2D eigenvalue weighted by atomic mass is 16.5. The minimum Gasteiger partial charge on any atom is -0.491 e. The van der Waals surface area contributed by atoms with Gasteiger partial charge in [-0.25, -0.2) is 0 Å². The average Bonchev–Trinajstić information content (AvgIpc) is 3.38. The van der Waals surface area contributed by atoms with E-state index < -0.39 is 0 Å².